The van der Waals surface area contributed by atoms with Gasteiger partial charge in [-0.2, -0.15) is 9.98 Å². The maximum Gasteiger partial charge on any atom is 0.338 e. The monoisotopic (exact) mass is 874 g/mol. The van der Waals surface area contributed by atoms with Crippen molar-refractivity contribution in [2.75, 3.05) is 19.5 Å². The minimum Gasteiger partial charge on any atom is -0.478 e. The molecule has 1 heterocycles. The zero-order chi connectivity index (χ0) is 46.3. The lowest BCUT2D eigenvalue weighted by molar-refractivity contribution is 0.0582. The molecular weight excluding hydrogens is 833 g/mol. The van der Waals surface area contributed by atoms with Crippen LogP contribution in [-0.4, -0.2) is 77.1 Å². The smallest absolute Gasteiger partial charge is 0.338 e. The number of rotatable bonds is 11. The minimum atomic E-state index is -1.32. The largest absolute Gasteiger partial charge is 0.478 e. The molecule has 0 aromatic heterocycles. The van der Waals surface area contributed by atoms with Crippen molar-refractivity contribution >= 4 is 64.9 Å². The molecule has 0 radical (unpaired) electrons. The van der Waals surface area contributed by atoms with Crippen LogP contribution in [0.3, 0.4) is 0 Å². The number of anilines is 1. The van der Waals surface area contributed by atoms with E-state index >= 15 is 0 Å². The van der Waals surface area contributed by atoms with E-state index in [1.807, 2.05) is 48.5 Å². The molecule has 328 valence electrons. The predicted molar refractivity (Wildman–Crippen MR) is 241 cm³/mol. The Balaban J connectivity index is 0.000000224. The molecule has 0 aliphatic carbocycles. The van der Waals surface area contributed by atoms with Crippen molar-refractivity contribution in [1.29, 1.82) is 0 Å². The molecule has 1 aliphatic heterocycles. The van der Waals surface area contributed by atoms with Gasteiger partial charge in [-0.25, -0.2) is 24.0 Å². The Bertz CT molecular complexity index is 2770. The van der Waals surface area contributed by atoms with Crippen LogP contribution in [0.15, 0.2) is 143 Å². The molecule has 15 nitrogen and oxygen atoms in total. The zero-order valence-corrected chi connectivity index (χ0v) is 34.5. The van der Waals surface area contributed by atoms with E-state index in [2.05, 4.69) is 51.2 Å². The first-order valence-corrected chi connectivity index (χ1v) is 19.2. The van der Waals surface area contributed by atoms with E-state index in [9.17, 15) is 38.4 Å². The van der Waals surface area contributed by atoms with E-state index in [0.29, 0.717) is 28.2 Å². The Labute approximate surface area is 373 Å². The minimum absolute atomic E-state index is 0. The number of imide groups is 1. The second kappa shape index (κ2) is 22.8. The summed E-state index contributed by atoms with van der Waals surface area (Å²) in [6.45, 7) is 2.06. The Morgan fingerprint density at radius 1 is 0.600 bits per heavy atom. The molecule has 3 N–H and O–H groups in total. The lowest BCUT2D eigenvalue weighted by Gasteiger charge is -2.08. The summed E-state index contributed by atoms with van der Waals surface area (Å²) < 4.78 is 4.37. The topological polar surface area (TPSA) is 226 Å². The number of hydrogen-bond acceptors (Lipinski definition) is 11. The number of ether oxygens (including phenoxy) is 1. The number of benzene rings is 6. The number of nitrogens with one attached hydrogen (secondary N) is 1. The number of carboxylic acids is 2. The summed E-state index contributed by atoms with van der Waals surface area (Å²) in [4.78, 5) is 97.6. The molecular formula is C50H42N4O11. The van der Waals surface area contributed by atoms with Crippen LogP contribution in [0.5, 0.6) is 0 Å². The van der Waals surface area contributed by atoms with Crippen molar-refractivity contribution in [1.82, 2.24) is 4.90 Å². The maximum atomic E-state index is 12.6. The van der Waals surface area contributed by atoms with Crippen molar-refractivity contribution < 1.29 is 53.3 Å². The first-order chi connectivity index (χ1) is 30.7. The highest BCUT2D eigenvalue weighted by Gasteiger charge is 2.33. The van der Waals surface area contributed by atoms with Crippen molar-refractivity contribution in [2.24, 2.45) is 9.98 Å². The molecule has 6 aromatic carbocycles. The lowest BCUT2D eigenvalue weighted by Crippen LogP contribution is -2.24. The first kappa shape index (κ1) is 48.8. The molecule has 65 heavy (non-hydrogen) atoms. The quantitative estimate of drug-likeness (QED) is 0.0482. The number of carboxylic acid groups (broad SMARTS) is 2. The van der Waals surface area contributed by atoms with Crippen molar-refractivity contribution in [2.45, 2.75) is 27.2 Å². The van der Waals surface area contributed by atoms with Gasteiger partial charge in [0.15, 0.2) is 0 Å². The zero-order valence-electron chi connectivity index (χ0n) is 34.5. The van der Waals surface area contributed by atoms with Gasteiger partial charge in [0, 0.05) is 18.3 Å². The standard InChI is InChI=1S/C24H20N2O3.C15H10N2O2.C10H8O6.CH4/c1-15-3-5-16(6-4-15)13-17-7-10-19(11-8-17)25-22(27)18-9-12-20-21(14-18)24(29)26(2)23(20)28;18-10-16-14-5-1-12(2-6-14)9-13-3-7-15(8-4-13)17-11-19;1-16-10(15)7-4-5(8(11)12)2-3-6(7)9(13)14;/h3-12,14H,13H2,1-2H3,(H,25,27);1-8H,9H2;2-4H,1H3,(H,11,12)(H,13,14);1H4. The molecule has 0 bridgehead atoms. The number of hydrogen-bond donors (Lipinski definition) is 3. The van der Waals surface area contributed by atoms with Gasteiger partial charge < -0.3 is 20.3 Å². The Kier molecular flexibility index (Phi) is 17.1. The van der Waals surface area contributed by atoms with E-state index in [0.717, 1.165) is 59.7 Å². The molecule has 0 unspecified atom stereocenters. The first-order valence-electron chi connectivity index (χ1n) is 19.2. The number of amides is 3. The molecule has 6 aromatic rings. The molecule has 1 aliphatic rings. The molecule has 3 amide bonds. The van der Waals surface area contributed by atoms with E-state index in [4.69, 9.17) is 10.2 Å². The summed E-state index contributed by atoms with van der Waals surface area (Å²) in [6, 6.07) is 38.5. The number of fused-ring (bicyclic) bond motifs is 1. The molecule has 0 saturated carbocycles. The fraction of sp³-hybridized carbons (Fsp3) is 0.120. The average Bonchev–Trinajstić information content (AvgIpc) is 3.51. The summed E-state index contributed by atoms with van der Waals surface area (Å²) in [6.07, 6.45) is 4.59. The molecule has 0 fully saturated rings. The number of aliphatic imine (C=N–C) groups is 2. The molecule has 0 spiro atoms. The number of nitrogens with zero attached hydrogens (tertiary/aromatic N) is 3. The summed E-state index contributed by atoms with van der Waals surface area (Å²) in [5.41, 5.74) is 7.86. The Morgan fingerprint density at radius 3 is 1.52 bits per heavy atom. The average molecular weight is 875 g/mol. The number of methoxy groups -OCH3 is 1. The van der Waals surface area contributed by atoms with Crippen LogP contribution in [0.4, 0.5) is 17.1 Å². The number of isocyanates is 2. The summed E-state index contributed by atoms with van der Waals surface area (Å²) in [7, 11) is 2.52. The van der Waals surface area contributed by atoms with Gasteiger partial charge in [-0.05, 0) is 115 Å². The van der Waals surface area contributed by atoms with Gasteiger partial charge in [0.2, 0.25) is 12.2 Å². The fourth-order valence-electron chi connectivity index (χ4n) is 6.21. The molecule has 7 rings (SSSR count). The van der Waals surface area contributed by atoms with Gasteiger partial charge in [0.25, 0.3) is 17.7 Å². The van der Waals surface area contributed by atoms with E-state index in [1.54, 1.807) is 30.3 Å². The van der Waals surface area contributed by atoms with Crippen molar-refractivity contribution in [3.63, 3.8) is 0 Å². The van der Waals surface area contributed by atoms with Crippen LogP contribution in [0, 0.1) is 6.92 Å². The number of carbonyl (C=O) groups excluding carboxylic acids is 6. The van der Waals surface area contributed by atoms with Crippen LogP contribution in [0.1, 0.15) is 97.4 Å². The Morgan fingerprint density at radius 2 is 1.06 bits per heavy atom. The van der Waals surface area contributed by atoms with Crippen LogP contribution < -0.4 is 5.32 Å². The van der Waals surface area contributed by atoms with Crippen molar-refractivity contribution in [3.8, 4) is 0 Å². The van der Waals surface area contributed by atoms with E-state index in [-0.39, 0.29) is 47.4 Å². The molecule has 0 saturated heterocycles. The third-order valence-electron chi connectivity index (χ3n) is 9.63. The Hall–Kier alpha value is -8.90. The van der Waals surface area contributed by atoms with Crippen molar-refractivity contribution in [3.05, 3.63) is 195 Å². The highest BCUT2D eigenvalue weighted by Crippen LogP contribution is 2.24. The number of aromatic carboxylic acids is 2. The van der Waals surface area contributed by atoms with Crippen LogP contribution in [0.25, 0.3) is 0 Å². The van der Waals surface area contributed by atoms with Gasteiger partial charge in [0.1, 0.15) is 0 Å². The van der Waals surface area contributed by atoms with Crippen LogP contribution in [-0.2, 0) is 27.2 Å². The second-order valence-electron chi connectivity index (χ2n) is 14.0. The fourth-order valence-corrected chi connectivity index (χ4v) is 6.21. The SMILES string of the molecule is C.COC(=O)c1cc(C(=O)O)ccc1C(=O)O.Cc1ccc(Cc2ccc(NC(=O)c3ccc4c(c3)C(=O)N(C)C4=O)cc2)cc1.O=C=Nc1ccc(Cc2ccc(N=C=O)cc2)cc1. The van der Waals surface area contributed by atoms with Gasteiger partial charge in [-0.15, -0.1) is 0 Å². The van der Waals surface area contributed by atoms with Gasteiger partial charge >= 0.3 is 17.9 Å². The normalized spacial score (nSPS) is 10.8. The third kappa shape index (κ3) is 13.1. The maximum absolute atomic E-state index is 12.6. The number of esters is 1. The van der Waals surface area contributed by atoms with E-state index < -0.39 is 17.9 Å². The lowest BCUT2D eigenvalue weighted by atomic mass is 10.0. The van der Waals surface area contributed by atoms with Crippen LogP contribution in [0.2, 0.25) is 0 Å². The third-order valence-corrected chi connectivity index (χ3v) is 9.63. The summed E-state index contributed by atoms with van der Waals surface area (Å²) in [5.74, 6) is -4.52. The summed E-state index contributed by atoms with van der Waals surface area (Å²) in [5, 5.41) is 20.3. The second-order valence-corrected chi connectivity index (χ2v) is 14.0. The highest BCUT2D eigenvalue weighted by atomic mass is 16.5. The van der Waals surface area contributed by atoms with E-state index in [1.165, 1.54) is 42.5 Å². The number of aryl methyl sites for hydroxylation is 1. The molecule has 15 heteroatoms. The predicted octanol–water partition coefficient (Wildman–Crippen LogP) is 8.78. The van der Waals surface area contributed by atoms with Crippen LogP contribution >= 0.6 is 0 Å². The summed E-state index contributed by atoms with van der Waals surface area (Å²) >= 11 is 0. The van der Waals surface area contributed by atoms with Gasteiger partial charge in [0.05, 0.1) is 46.3 Å². The highest BCUT2D eigenvalue weighted by molar-refractivity contribution is 6.22. The van der Waals surface area contributed by atoms with Gasteiger partial charge in [-0.3, -0.25) is 19.3 Å². The molecule has 0 atom stereocenters. The number of carbonyl (C=O) groups is 6. The van der Waals surface area contributed by atoms with Gasteiger partial charge in [-0.1, -0.05) is 73.7 Å².